The first-order chi connectivity index (χ1) is 9.41. The molecule has 4 heteroatoms. The second-order valence-corrected chi connectivity index (χ2v) is 7.10. The number of amides is 1. The highest BCUT2D eigenvalue weighted by molar-refractivity contribution is 5.78. The Labute approximate surface area is 122 Å². The average molecular weight is 282 g/mol. The lowest BCUT2D eigenvalue weighted by Crippen LogP contribution is -2.45. The summed E-state index contributed by atoms with van der Waals surface area (Å²) >= 11 is 0. The molecule has 3 unspecified atom stereocenters. The fraction of sp³-hybridized carbons (Fsp3) is 0.938. The van der Waals surface area contributed by atoms with E-state index < -0.39 is 5.60 Å². The van der Waals surface area contributed by atoms with E-state index in [1.54, 1.807) is 4.90 Å². The molecule has 2 saturated carbocycles. The molecule has 116 valence electrons. The van der Waals surface area contributed by atoms with Crippen LogP contribution in [0.2, 0.25) is 0 Å². The zero-order chi connectivity index (χ0) is 14.8. The third-order valence-corrected chi connectivity index (χ3v) is 5.29. The molecular weight excluding hydrogens is 252 g/mol. The number of carbonyl (C=O) groups is 1. The summed E-state index contributed by atoms with van der Waals surface area (Å²) in [7, 11) is 1.83. The van der Waals surface area contributed by atoms with Crippen molar-refractivity contribution in [2.75, 3.05) is 13.6 Å². The molecule has 0 aliphatic heterocycles. The molecular formula is C16H30N2O2. The maximum atomic E-state index is 12.6. The summed E-state index contributed by atoms with van der Waals surface area (Å²) in [6.07, 6.45) is 8.10. The van der Waals surface area contributed by atoms with Gasteiger partial charge in [-0.3, -0.25) is 4.79 Å². The third kappa shape index (κ3) is 3.73. The minimum atomic E-state index is -0.646. The molecule has 2 aliphatic rings. The molecule has 0 aromatic rings. The summed E-state index contributed by atoms with van der Waals surface area (Å²) in [4.78, 5) is 14.3. The number of rotatable bonds is 4. The van der Waals surface area contributed by atoms with E-state index in [0.717, 1.165) is 51.4 Å². The Balaban J connectivity index is 1.88. The van der Waals surface area contributed by atoms with E-state index in [9.17, 15) is 9.90 Å². The van der Waals surface area contributed by atoms with Gasteiger partial charge < -0.3 is 15.7 Å². The van der Waals surface area contributed by atoms with Gasteiger partial charge in [0.15, 0.2) is 0 Å². The molecule has 0 aromatic carbocycles. The predicted octanol–water partition coefficient (Wildman–Crippen LogP) is 1.90. The third-order valence-electron chi connectivity index (χ3n) is 5.29. The summed E-state index contributed by atoms with van der Waals surface area (Å²) in [6, 6.07) is 0.258. The molecule has 1 amide bonds. The van der Waals surface area contributed by atoms with Gasteiger partial charge in [-0.25, -0.2) is 0 Å². The molecule has 0 bridgehead atoms. The normalized spacial score (nSPS) is 31.0. The molecule has 2 rings (SSSR count). The first-order valence-electron chi connectivity index (χ1n) is 8.14. The smallest absolute Gasteiger partial charge is 0.225 e. The van der Waals surface area contributed by atoms with Gasteiger partial charge in [0.05, 0.1) is 5.60 Å². The Morgan fingerprint density at radius 2 is 2.00 bits per heavy atom. The molecule has 0 spiro atoms. The van der Waals surface area contributed by atoms with Crippen molar-refractivity contribution in [3.63, 3.8) is 0 Å². The van der Waals surface area contributed by atoms with Gasteiger partial charge in [-0.1, -0.05) is 26.2 Å². The van der Waals surface area contributed by atoms with Gasteiger partial charge >= 0.3 is 0 Å². The minimum absolute atomic E-state index is 0.0244. The van der Waals surface area contributed by atoms with Crippen molar-refractivity contribution in [1.29, 1.82) is 0 Å². The summed E-state index contributed by atoms with van der Waals surface area (Å²) < 4.78 is 0. The van der Waals surface area contributed by atoms with E-state index in [0.29, 0.717) is 12.5 Å². The summed E-state index contributed by atoms with van der Waals surface area (Å²) in [5.74, 6) is 0.604. The van der Waals surface area contributed by atoms with Crippen LogP contribution in [0, 0.1) is 11.8 Å². The van der Waals surface area contributed by atoms with Crippen molar-refractivity contribution in [2.45, 2.75) is 69.9 Å². The molecule has 0 radical (unpaired) electrons. The van der Waals surface area contributed by atoms with Crippen molar-refractivity contribution in [1.82, 2.24) is 4.90 Å². The van der Waals surface area contributed by atoms with Crippen LogP contribution in [0.25, 0.3) is 0 Å². The molecule has 3 N–H and O–H groups in total. The van der Waals surface area contributed by atoms with Gasteiger partial charge in [-0.2, -0.15) is 0 Å². The molecule has 0 saturated heterocycles. The highest BCUT2D eigenvalue weighted by atomic mass is 16.3. The van der Waals surface area contributed by atoms with Gasteiger partial charge in [-0.15, -0.1) is 0 Å². The maximum Gasteiger partial charge on any atom is 0.225 e. The van der Waals surface area contributed by atoms with Crippen LogP contribution in [-0.4, -0.2) is 41.1 Å². The number of likely N-dealkylation sites (N-methyl/N-ethyl adjacent to an activating group) is 1. The van der Waals surface area contributed by atoms with Crippen molar-refractivity contribution >= 4 is 5.91 Å². The number of hydrogen-bond acceptors (Lipinski definition) is 3. The zero-order valence-corrected chi connectivity index (χ0v) is 13.0. The molecule has 4 nitrogen and oxygen atoms in total. The van der Waals surface area contributed by atoms with Gasteiger partial charge in [0.25, 0.3) is 0 Å². The summed E-state index contributed by atoms with van der Waals surface area (Å²) in [6.45, 7) is 2.51. The van der Waals surface area contributed by atoms with Gasteiger partial charge in [-0.05, 0) is 38.0 Å². The summed E-state index contributed by atoms with van der Waals surface area (Å²) in [5.41, 5.74) is 5.38. The second-order valence-electron chi connectivity index (χ2n) is 7.10. The number of carbonyl (C=O) groups excluding carboxylic acids is 1. The number of nitrogens with two attached hydrogens (primary N) is 1. The first kappa shape index (κ1) is 15.8. The van der Waals surface area contributed by atoms with Crippen molar-refractivity contribution in [2.24, 2.45) is 17.6 Å². The minimum Gasteiger partial charge on any atom is -0.388 e. The lowest BCUT2D eigenvalue weighted by Gasteiger charge is -2.35. The van der Waals surface area contributed by atoms with Crippen molar-refractivity contribution < 1.29 is 9.90 Å². The van der Waals surface area contributed by atoms with Crippen LogP contribution < -0.4 is 5.73 Å². The highest BCUT2D eigenvalue weighted by Gasteiger charge is 2.36. The Morgan fingerprint density at radius 3 is 2.60 bits per heavy atom. The molecule has 3 atom stereocenters. The number of hydrogen-bond donors (Lipinski definition) is 2. The van der Waals surface area contributed by atoms with Crippen LogP contribution in [0.4, 0.5) is 0 Å². The van der Waals surface area contributed by atoms with E-state index in [-0.39, 0.29) is 17.9 Å². The van der Waals surface area contributed by atoms with Crippen LogP contribution in [-0.2, 0) is 4.79 Å². The Kier molecular flexibility index (Phi) is 5.08. The Bertz CT molecular complexity index is 339. The topological polar surface area (TPSA) is 66.6 Å². The van der Waals surface area contributed by atoms with E-state index >= 15 is 0 Å². The monoisotopic (exact) mass is 282 g/mol. The van der Waals surface area contributed by atoms with Crippen molar-refractivity contribution in [3.8, 4) is 0 Å². The Hall–Kier alpha value is -0.610. The molecule has 0 aromatic heterocycles. The lowest BCUT2D eigenvalue weighted by molar-refractivity contribution is -0.139. The molecule has 20 heavy (non-hydrogen) atoms. The van der Waals surface area contributed by atoms with Crippen LogP contribution in [0.5, 0.6) is 0 Å². The van der Waals surface area contributed by atoms with Crippen LogP contribution in [0.1, 0.15) is 58.3 Å². The lowest BCUT2D eigenvalue weighted by atomic mass is 9.78. The van der Waals surface area contributed by atoms with Crippen LogP contribution in [0.3, 0.4) is 0 Å². The quantitative estimate of drug-likeness (QED) is 0.827. The molecule has 2 aliphatic carbocycles. The van der Waals surface area contributed by atoms with Crippen molar-refractivity contribution in [3.05, 3.63) is 0 Å². The first-order valence-corrected chi connectivity index (χ1v) is 8.14. The predicted molar refractivity (Wildman–Crippen MR) is 80.2 cm³/mol. The average Bonchev–Trinajstić information content (AvgIpc) is 2.83. The SMILES string of the molecule is CC(C(=O)N(C)CC1(O)CCCC1)C1CCCC(N)C1. The van der Waals surface area contributed by atoms with Crippen LogP contribution in [0.15, 0.2) is 0 Å². The number of nitrogens with zero attached hydrogens (tertiary/aromatic N) is 1. The second kappa shape index (κ2) is 6.44. The van der Waals surface area contributed by atoms with E-state index in [1.165, 1.54) is 0 Å². The molecule has 0 heterocycles. The largest absolute Gasteiger partial charge is 0.388 e. The van der Waals surface area contributed by atoms with Gasteiger partial charge in [0.2, 0.25) is 5.91 Å². The van der Waals surface area contributed by atoms with E-state index in [4.69, 9.17) is 5.73 Å². The standard InChI is InChI=1S/C16H30N2O2/c1-12(13-6-5-7-14(17)10-13)15(19)18(2)11-16(20)8-3-4-9-16/h12-14,20H,3-11,17H2,1-2H3. The molecule has 2 fully saturated rings. The highest BCUT2D eigenvalue weighted by Crippen LogP contribution is 2.33. The van der Waals surface area contributed by atoms with Crippen LogP contribution >= 0.6 is 0 Å². The van der Waals surface area contributed by atoms with Gasteiger partial charge in [0, 0.05) is 25.6 Å². The van der Waals surface area contributed by atoms with Gasteiger partial charge in [0.1, 0.15) is 0 Å². The Morgan fingerprint density at radius 1 is 1.35 bits per heavy atom. The fourth-order valence-corrected chi connectivity index (χ4v) is 3.98. The fourth-order valence-electron chi connectivity index (χ4n) is 3.98. The van der Waals surface area contributed by atoms with E-state index in [1.807, 2.05) is 14.0 Å². The number of aliphatic hydroxyl groups is 1. The zero-order valence-electron chi connectivity index (χ0n) is 13.0. The maximum absolute atomic E-state index is 12.6. The summed E-state index contributed by atoms with van der Waals surface area (Å²) in [5, 5.41) is 10.4. The van der Waals surface area contributed by atoms with E-state index in [2.05, 4.69) is 0 Å².